The predicted molar refractivity (Wildman–Crippen MR) is 114 cm³/mol. The van der Waals surface area contributed by atoms with Gasteiger partial charge in [-0.2, -0.15) is 0 Å². The highest BCUT2D eigenvalue weighted by Crippen LogP contribution is 2.32. The summed E-state index contributed by atoms with van der Waals surface area (Å²) in [6, 6.07) is 14.7. The SMILES string of the molecule is Cc1cc(C(=O)Nc2ccccc2-c2cccs2)cc(S(=O)(=O)N(C)C)c1C. The zero-order valence-corrected chi connectivity index (χ0v) is 17.8. The molecule has 0 aliphatic heterocycles. The Labute approximate surface area is 169 Å². The predicted octanol–water partition coefficient (Wildman–Crippen LogP) is 4.53. The molecule has 3 aromatic rings. The van der Waals surface area contributed by atoms with Gasteiger partial charge in [0.15, 0.2) is 0 Å². The Morgan fingerprint density at radius 1 is 1.04 bits per heavy atom. The lowest BCUT2D eigenvalue weighted by Crippen LogP contribution is -2.24. The fourth-order valence-corrected chi connectivity index (χ4v) is 4.84. The molecule has 1 heterocycles. The van der Waals surface area contributed by atoms with Crippen molar-refractivity contribution < 1.29 is 13.2 Å². The normalized spacial score (nSPS) is 11.6. The maximum absolute atomic E-state index is 12.9. The number of benzene rings is 2. The summed E-state index contributed by atoms with van der Waals surface area (Å²) in [6.07, 6.45) is 0. The second-order valence-electron chi connectivity index (χ2n) is 6.68. The maximum Gasteiger partial charge on any atom is 0.255 e. The standard InChI is InChI=1S/C21H22N2O3S2/c1-14-12-16(13-20(15(14)2)28(25,26)23(3)4)21(24)22-18-9-6-5-8-17(18)19-10-7-11-27-19/h5-13H,1-4H3,(H,22,24). The number of sulfonamides is 1. The van der Waals surface area contributed by atoms with Gasteiger partial charge >= 0.3 is 0 Å². The van der Waals surface area contributed by atoms with Crippen molar-refractivity contribution in [3.8, 4) is 10.4 Å². The highest BCUT2D eigenvalue weighted by Gasteiger charge is 2.23. The van der Waals surface area contributed by atoms with Crippen LogP contribution in [0.3, 0.4) is 0 Å². The van der Waals surface area contributed by atoms with Crippen LogP contribution in [-0.2, 0) is 10.0 Å². The molecule has 1 amide bonds. The summed E-state index contributed by atoms with van der Waals surface area (Å²) in [5, 5.41) is 4.91. The van der Waals surface area contributed by atoms with E-state index in [9.17, 15) is 13.2 Å². The third kappa shape index (κ3) is 3.87. The Morgan fingerprint density at radius 3 is 2.39 bits per heavy atom. The Bertz CT molecular complexity index is 1120. The van der Waals surface area contributed by atoms with E-state index in [4.69, 9.17) is 0 Å². The number of carbonyl (C=O) groups excluding carboxylic acids is 1. The summed E-state index contributed by atoms with van der Waals surface area (Å²) in [5.41, 5.74) is 3.31. The molecule has 0 aliphatic carbocycles. The van der Waals surface area contributed by atoms with Gasteiger partial charge in [-0.05, 0) is 54.6 Å². The number of aryl methyl sites for hydroxylation is 1. The topological polar surface area (TPSA) is 66.5 Å². The van der Waals surface area contributed by atoms with E-state index in [1.54, 1.807) is 31.3 Å². The zero-order chi connectivity index (χ0) is 20.5. The third-order valence-corrected chi connectivity index (χ3v) is 7.45. The van der Waals surface area contributed by atoms with Crippen molar-refractivity contribution in [2.24, 2.45) is 0 Å². The van der Waals surface area contributed by atoms with Gasteiger partial charge in [0.05, 0.1) is 4.90 Å². The number of thiophene rings is 1. The van der Waals surface area contributed by atoms with Gasteiger partial charge < -0.3 is 5.32 Å². The summed E-state index contributed by atoms with van der Waals surface area (Å²) in [4.78, 5) is 14.1. The molecule has 0 bridgehead atoms. The molecule has 3 rings (SSSR count). The van der Waals surface area contributed by atoms with Gasteiger partial charge in [0.2, 0.25) is 10.0 Å². The molecule has 28 heavy (non-hydrogen) atoms. The first-order valence-electron chi connectivity index (χ1n) is 8.70. The van der Waals surface area contributed by atoms with Gasteiger partial charge in [0.1, 0.15) is 0 Å². The molecule has 0 aliphatic rings. The number of hydrogen-bond acceptors (Lipinski definition) is 4. The largest absolute Gasteiger partial charge is 0.321 e. The fourth-order valence-electron chi connectivity index (χ4n) is 2.86. The minimum atomic E-state index is -3.65. The van der Waals surface area contributed by atoms with Crippen LogP contribution in [0.2, 0.25) is 0 Å². The van der Waals surface area contributed by atoms with Gasteiger partial charge in [0, 0.05) is 35.8 Å². The lowest BCUT2D eigenvalue weighted by atomic mass is 10.1. The van der Waals surface area contributed by atoms with Crippen molar-refractivity contribution in [1.29, 1.82) is 0 Å². The van der Waals surface area contributed by atoms with Crippen molar-refractivity contribution in [3.05, 3.63) is 70.6 Å². The van der Waals surface area contributed by atoms with E-state index in [1.807, 2.05) is 41.8 Å². The first-order valence-corrected chi connectivity index (χ1v) is 11.0. The number of nitrogens with zero attached hydrogens (tertiary/aromatic N) is 1. The molecule has 0 spiro atoms. The van der Waals surface area contributed by atoms with Crippen LogP contribution in [-0.4, -0.2) is 32.7 Å². The van der Waals surface area contributed by atoms with E-state index in [1.165, 1.54) is 20.2 Å². The summed E-state index contributed by atoms with van der Waals surface area (Å²) < 4.78 is 26.4. The first-order chi connectivity index (χ1) is 13.2. The van der Waals surface area contributed by atoms with E-state index in [0.717, 1.165) is 20.3 Å². The summed E-state index contributed by atoms with van der Waals surface area (Å²) in [6.45, 7) is 3.56. The second-order valence-corrected chi connectivity index (χ2v) is 9.75. The second kappa shape index (κ2) is 7.87. The molecule has 0 radical (unpaired) electrons. The van der Waals surface area contributed by atoms with Crippen molar-refractivity contribution in [2.75, 3.05) is 19.4 Å². The molecular formula is C21H22N2O3S2. The molecule has 0 saturated heterocycles. The molecule has 1 N–H and O–H groups in total. The van der Waals surface area contributed by atoms with Gasteiger partial charge in [-0.3, -0.25) is 4.79 Å². The van der Waals surface area contributed by atoms with Crippen LogP contribution in [0.5, 0.6) is 0 Å². The third-order valence-electron chi connectivity index (χ3n) is 4.60. The minimum absolute atomic E-state index is 0.147. The van der Waals surface area contributed by atoms with Crippen molar-refractivity contribution in [1.82, 2.24) is 4.31 Å². The van der Waals surface area contributed by atoms with Crippen molar-refractivity contribution in [3.63, 3.8) is 0 Å². The van der Waals surface area contributed by atoms with Crippen LogP contribution in [0, 0.1) is 13.8 Å². The van der Waals surface area contributed by atoms with Crippen LogP contribution in [0.4, 0.5) is 5.69 Å². The summed E-state index contributed by atoms with van der Waals surface area (Å²) in [5.74, 6) is -0.345. The summed E-state index contributed by atoms with van der Waals surface area (Å²) in [7, 11) is -0.687. The molecule has 146 valence electrons. The molecule has 0 atom stereocenters. The Morgan fingerprint density at radius 2 is 1.75 bits per heavy atom. The summed E-state index contributed by atoms with van der Waals surface area (Å²) >= 11 is 1.59. The average molecular weight is 415 g/mol. The highest BCUT2D eigenvalue weighted by molar-refractivity contribution is 7.89. The highest BCUT2D eigenvalue weighted by atomic mass is 32.2. The van der Waals surface area contributed by atoms with Crippen LogP contribution in [0.25, 0.3) is 10.4 Å². The van der Waals surface area contributed by atoms with Crippen molar-refractivity contribution >= 4 is 33.0 Å². The molecule has 5 nitrogen and oxygen atoms in total. The van der Waals surface area contributed by atoms with Crippen LogP contribution < -0.4 is 5.32 Å². The molecule has 0 fully saturated rings. The molecule has 0 unspecified atom stereocenters. The number of rotatable bonds is 5. The average Bonchev–Trinajstić information content (AvgIpc) is 3.18. The molecule has 1 aromatic heterocycles. The van der Waals surface area contributed by atoms with E-state index in [0.29, 0.717) is 16.8 Å². The number of amides is 1. The lowest BCUT2D eigenvalue weighted by molar-refractivity contribution is 0.102. The Hall–Kier alpha value is -2.48. The smallest absolute Gasteiger partial charge is 0.255 e. The monoisotopic (exact) mass is 414 g/mol. The lowest BCUT2D eigenvalue weighted by Gasteiger charge is -2.17. The van der Waals surface area contributed by atoms with Gasteiger partial charge in [-0.1, -0.05) is 24.3 Å². The Balaban J connectivity index is 2.01. The number of hydrogen-bond donors (Lipinski definition) is 1. The number of carbonyl (C=O) groups is 1. The first kappa shape index (κ1) is 20.3. The Kier molecular flexibility index (Phi) is 5.69. The molecule has 0 saturated carbocycles. The van der Waals surface area contributed by atoms with E-state index >= 15 is 0 Å². The number of para-hydroxylation sites is 1. The van der Waals surface area contributed by atoms with Crippen LogP contribution in [0.1, 0.15) is 21.5 Å². The quantitative estimate of drug-likeness (QED) is 0.667. The van der Waals surface area contributed by atoms with Gasteiger partial charge in [-0.25, -0.2) is 12.7 Å². The van der Waals surface area contributed by atoms with Gasteiger partial charge in [0.25, 0.3) is 5.91 Å². The van der Waals surface area contributed by atoms with Crippen molar-refractivity contribution in [2.45, 2.75) is 18.7 Å². The van der Waals surface area contributed by atoms with Gasteiger partial charge in [-0.15, -0.1) is 11.3 Å². The van der Waals surface area contributed by atoms with Crippen LogP contribution >= 0.6 is 11.3 Å². The van der Waals surface area contributed by atoms with E-state index in [2.05, 4.69) is 5.32 Å². The maximum atomic E-state index is 12.9. The van der Waals surface area contributed by atoms with E-state index < -0.39 is 10.0 Å². The number of anilines is 1. The minimum Gasteiger partial charge on any atom is -0.321 e. The molecule has 7 heteroatoms. The molecular weight excluding hydrogens is 392 g/mol. The number of nitrogens with one attached hydrogen (secondary N) is 1. The fraction of sp³-hybridized carbons (Fsp3) is 0.190. The zero-order valence-electron chi connectivity index (χ0n) is 16.2. The van der Waals surface area contributed by atoms with Crippen LogP contribution in [0.15, 0.2) is 58.8 Å². The van der Waals surface area contributed by atoms with E-state index in [-0.39, 0.29) is 10.8 Å². The molecule has 2 aromatic carbocycles.